The maximum Gasteiger partial charge on any atom is 0.336 e. The quantitative estimate of drug-likeness (QED) is 0.869. The van der Waals surface area contributed by atoms with Crippen LogP contribution in [0.5, 0.6) is 0 Å². The Morgan fingerprint density at radius 3 is 2.53 bits per heavy atom. The van der Waals surface area contributed by atoms with Gasteiger partial charge in [0.25, 0.3) is 0 Å². The number of carbonyl (C=O) groups is 1. The molecule has 86 valence electrons. The number of rotatable bonds is 2. The van der Waals surface area contributed by atoms with Crippen molar-refractivity contribution >= 4 is 17.6 Å². The second-order valence-electron chi connectivity index (χ2n) is 3.81. The Kier molecular flexibility index (Phi) is 3.16. The molecule has 0 saturated heterocycles. The van der Waals surface area contributed by atoms with Crippen molar-refractivity contribution in [3.63, 3.8) is 0 Å². The summed E-state index contributed by atoms with van der Waals surface area (Å²) >= 11 is 5.95. The lowest BCUT2D eigenvalue weighted by Gasteiger charge is -2.07. The Balaban J connectivity index is 2.60. The summed E-state index contributed by atoms with van der Waals surface area (Å²) in [5, 5.41) is 9.81. The first kappa shape index (κ1) is 11.7. The van der Waals surface area contributed by atoms with Crippen molar-refractivity contribution in [3.05, 3.63) is 58.6 Å². The van der Waals surface area contributed by atoms with Crippen LogP contribution in [0.2, 0.25) is 5.02 Å². The fourth-order valence-electron chi connectivity index (χ4n) is 1.73. The van der Waals surface area contributed by atoms with Crippen LogP contribution in [0.1, 0.15) is 15.9 Å². The Hall–Kier alpha value is -1.80. The minimum absolute atomic E-state index is 0.300. The summed E-state index contributed by atoms with van der Waals surface area (Å²) in [6.07, 6.45) is 0. The predicted molar refractivity (Wildman–Crippen MR) is 68.6 cm³/mol. The zero-order valence-corrected chi connectivity index (χ0v) is 10.0. The highest BCUT2D eigenvalue weighted by molar-refractivity contribution is 6.31. The maximum atomic E-state index is 11.1. The van der Waals surface area contributed by atoms with Gasteiger partial charge in [-0.05, 0) is 41.8 Å². The summed E-state index contributed by atoms with van der Waals surface area (Å²) in [5.74, 6) is -0.923. The van der Waals surface area contributed by atoms with Gasteiger partial charge >= 0.3 is 5.97 Å². The van der Waals surface area contributed by atoms with Crippen LogP contribution in [0.4, 0.5) is 0 Å². The minimum atomic E-state index is -0.923. The number of benzene rings is 2. The van der Waals surface area contributed by atoms with Gasteiger partial charge in [-0.2, -0.15) is 0 Å². The van der Waals surface area contributed by atoms with Crippen LogP contribution in [0, 0.1) is 6.92 Å². The van der Waals surface area contributed by atoms with Gasteiger partial charge in [0.2, 0.25) is 0 Å². The third-order valence-electron chi connectivity index (χ3n) is 2.63. The summed E-state index contributed by atoms with van der Waals surface area (Å²) in [4.78, 5) is 11.1. The molecule has 0 aliphatic heterocycles. The van der Waals surface area contributed by atoms with Crippen molar-refractivity contribution in [3.8, 4) is 11.1 Å². The molecule has 2 nitrogen and oxygen atoms in total. The molecule has 0 fully saturated rings. The van der Waals surface area contributed by atoms with Crippen LogP contribution in [-0.4, -0.2) is 11.1 Å². The van der Waals surface area contributed by atoms with Gasteiger partial charge in [-0.25, -0.2) is 4.79 Å². The Morgan fingerprint density at radius 1 is 1.18 bits per heavy atom. The van der Waals surface area contributed by atoms with Crippen LogP contribution in [0.15, 0.2) is 42.5 Å². The van der Waals surface area contributed by atoms with E-state index in [1.165, 1.54) is 0 Å². The lowest BCUT2D eigenvalue weighted by atomic mass is 9.98. The lowest BCUT2D eigenvalue weighted by molar-refractivity contribution is 0.0697. The normalized spacial score (nSPS) is 10.2. The number of carboxylic acid groups (broad SMARTS) is 1. The molecule has 0 saturated carbocycles. The number of hydrogen-bond donors (Lipinski definition) is 1. The highest BCUT2D eigenvalue weighted by atomic mass is 35.5. The second kappa shape index (κ2) is 4.60. The van der Waals surface area contributed by atoms with E-state index in [1.807, 2.05) is 25.1 Å². The first-order chi connectivity index (χ1) is 8.09. The third-order valence-corrected chi connectivity index (χ3v) is 3.05. The number of halogens is 1. The van der Waals surface area contributed by atoms with E-state index in [-0.39, 0.29) is 0 Å². The number of carboxylic acids is 1. The molecule has 0 bridgehead atoms. The lowest BCUT2D eigenvalue weighted by Crippen LogP contribution is -1.99. The van der Waals surface area contributed by atoms with Crippen molar-refractivity contribution in [2.24, 2.45) is 0 Å². The standard InChI is InChI=1S/C14H11ClO2/c1-9-8-10(6-7-13(9)15)11-4-2-3-5-12(11)14(16)17/h2-8H,1H3,(H,16,17). The monoisotopic (exact) mass is 246 g/mol. The summed E-state index contributed by atoms with van der Waals surface area (Å²) in [5.41, 5.74) is 2.81. The van der Waals surface area contributed by atoms with Gasteiger partial charge < -0.3 is 5.11 Å². The third kappa shape index (κ3) is 2.32. The Labute approximate surface area is 104 Å². The molecule has 3 heteroatoms. The molecule has 0 unspecified atom stereocenters. The molecule has 2 rings (SSSR count). The fourth-order valence-corrected chi connectivity index (χ4v) is 1.85. The summed E-state index contributed by atoms with van der Waals surface area (Å²) in [6, 6.07) is 12.4. The van der Waals surface area contributed by atoms with Crippen molar-refractivity contribution in [1.29, 1.82) is 0 Å². The van der Waals surface area contributed by atoms with E-state index in [9.17, 15) is 4.79 Å². The molecule has 0 aliphatic carbocycles. The van der Waals surface area contributed by atoms with Gasteiger partial charge in [0.05, 0.1) is 5.56 Å². The van der Waals surface area contributed by atoms with Gasteiger partial charge in [0.15, 0.2) is 0 Å². The molecular formula is C14H11ClO2. The first-order valence-electron chi connectivity index (χ1n) is 5.18. The van der Waals surface area contributed by atoms with Crippen LogP contribution < -0.4 is 0 Å². The largest absolute Gasteiger partial charge is 0.478 e. The first-order valence-corrected chi connectivity index (χ1v) is 5.56. The molecule has 17 heavy (non-hydrogen) atoms. The van der Waals surface area contributed by atoms with Crippen molar-refractivity contribution in [2.45, 2.75) is 6.92 Å². The van der Waals surface area contributed by atoms with Gasteiger partial charge in [-0.3, -0.25) is 0 Å². The highest BCUT2D eigenvalue weighted by Crippen LogP contribution is 2.27. The highest BCUT2D eigenvalue weighted by Gasteiger charge is 2.11. The van der Waals surface area contributed by atoms with Crippen LogP contribution in [-0.2, 0) is 0 Å². The summed E-state index contributed by atoms with van der Waals surface area (Å²) < 4.78 is 0. The minimum Gasteiger partial charge on any atom is -0.478 e. The van der Waals surface area contributed by atoms with Gasteiger partial charge in [0.1, 0.15) is 0 Å². The average molecular weight is 247 g/mol. The van der Waals surface area contributed by atoms with E-state index in [1.54, 1.807) is 24.3 Å². The van der Waals surface area contributed by atoms with Crippen LogP contribution >= 0.6 is 11.6 Å². The zero-order chi connectivity index (χ0) is 12.4. The molecular weight excluding hydrogens is 236 g/mol. The molecule has 0 spiro atoms. The molecule has 0 amide bonds. The summed E-state index contributed by atoms with van der Waals surface area (Å²) in [6.45, 7) is 1.90. The van der Waals surface area contributed by atoms with Crippen molar-refractivity contribution in [1.82, 2.24) is 0 Å². The number of aryl methyl sites for hydroxylation is 1. The van der Waals surface area contributed by atoms with E-state index in [0.717, 1.165) is 11.1 Å². The SMILES string of the molecule is Cc1cc(-c2ccccc2C(=O)O)ccc1Cl. The van der Waals surface area contributed by atoms with E-state index >= 15 is 0 Å². The molecule has 0 aromatic heterocycles. The second-order valence-corrected chi connectivity index (χ2v) is 4.22. The molecule has 0 aliphatic rings. The number of aromatic carboxylic acids is 1. The predicted octanol–water partition coefficient (Wildman–Crippen LogP) is 4.01. The molecule has 0 atom stereocenters. The Morgan fingerprint density at radius 2 is 1.88 bits per heavy atom. The van der Waals surface area contributed by atoms with Crippen molar-refractivity contribution < 1.29 is 9.90 Å². The fraction of sp³-hybridized carbons (Fsp3) is 0.0714. The average Bonchev–Trinajstić information content (AvgIpc) is 2.32. The van der Waals surface area contributed by atoms with Gasteiger partial charge in [-0.15, -0.1) is 0 Å². The number of hydrogen-bond acceptors (Lipinski definition) is 1. The van der Waals surface area contributed by atoms with Gasteiger partial charge in [-0.1, -0.05) is 35.9 Å². The van der Waals surface area contributed by atoms with E-state index in [0.29, 0.717) is 16.1 Å². The van der Waals surface area contributed by atoms with Crippen LogP contribution in [0.3, 0.4) is 0 Å². The topological polar surface area (TPSA) is 37.3 Å². The molecule has 1 N–H and O–H groups in total. The van der Waals surface area contributed by atoms with Crippen LogP contribution in [0.25, 0.3) is 11.1 Å². The van der Waals surface area contributed by atoms with E-state index < -0.39 is 5.97 Å². The molecule has 2 aromatic rings. The van der Waals surface area contributed by atoms with E-state index in [4.69, 9.17) is 16.7 Å². The molecule has 2 aromatic carbocycles. The van der Waals surface area contributed by atoms with E-state index in [2.05, 4.69) is 0 Å². The maximum absolute atomic E-state index is 11.1. The van der Waals surface area contributed by atoms with Gasteiger partial charge in [0, 0.05) is 5.02 Å². The molecule has 0 heterocycles. The molecule has 0 radical (unpaired) electrons. The Bertz CT molecular complexity index is 576. The van der Waals surface area contributed by atoms with Crippen molar-refractivity contribution in [2.75, 3.05) is 0 Å². The summed E-state index contributed by atoms with van der Waals surface area (Å²) in [7, 11) is 0. The smallest absolute Gasteiger partial charge is 0.336 e. The zero-order valence-electron chi connectivity index (χ0n) is 9.27.